The summed E-state index contributed by atoms with van der Waals surface area (Å²) in [7, 11) is 0. The van der Waals surface area contributed by atoms with Gasteiger partial charge in [0.15, 0.2) is 0 Å². The summed E-state index contributed by atoms with van der Waals surface area (Å²) in [6, 6.07) is 25.6. The van der Waals surface area contributed by atoms with Gasteiger partial charge < -0.3 is 4.90 Å². The fourth-order valence-corrected chi connectivity index (χ4v) is 5.09. The van der Waals surface area contributed by atoms with E-state index in [1.807, 2.05) is 6.07 Å². The Hall–Kier alpha value is -2.87. The van der Waals surface area contributed by atoms with Crippen LogP contribution in [0.1, 0.15) is 36.9 Å². The molecular formula is C26H25NO. The molecule has 1 heterocycles. The second kappa shape index (κ2) is 6.63. The standard InChI is InChI=1S/C26H25NO/c1-26-16-8-7-13-23(26)24(22-15-14-20-11-5-6-12-21(20)17-22)27(25(26)28)18-19-9-3-2-4-10-19/h2-7,9-15,17,23-24H,8,16,18H2,1H3/t23?,24?,26-/m1/s1. The van der Waals surface area contributed by atoms with Crippen molar-refractivity contribution in [1.29, 1.82) is 0 Å². The number of carbonyl (C=O) groups is 1. The van der Waals surface area contributed by atoms with Gasteiger partial charge in [-0.2, -0.15) is 0 Å². The van der Waals surface area contributed by atoms with E-state index in [4.69, 9.17) is 0 Å². The van der Waals surface area contributed by atoms with Gasteiger partial charge in [-0.05, 0) is 40.8 Å². The van der Waals surface area contributed by atoms with Gasteiger partial charge in [0.2, 0.25) is 5.91 Å². The number of hydrogen-bond donors (Lipinski definition) is 0. The normalized spacial score (nSPS) is 26.6. The molecule has 3 aromatic rings. The van der Waals surface area contributed by atoms with Crippen LogP contribution in [0.3, 0.4) is 0 Å². The molecule has 2 aliphatic rings. The number of likely N-dealkylation sites (tertiary alicyclic amines) is 1. The largest absolute Gasteiger partial charge is 0.330 e. The van der Waals surface area contributed by atoms with E-state index in [2.05, 4.69) is 90.7 Å². The van der Waals surface area contributed by atoms with Gasteiger partial charge in [-0.3, -0.25) is 4.79 Å². The van der Waals surface area contributed by atoms with Crippen LogP contribution in [0.25, 0.3) is 10.8 Å². The second-order valence-electron chi connectivity index (χ2n) is 8.38. The Bertz CT molecular complexity index is 1050. The summed E-state index contributed by atoms with van der Waals surface area (Å²) in [5.41, 5.74) is 2.12. The highest BCUT2D eigenvalue weighted by Gasteiger charge is 2.55. The smallest absolute Gasteiger partial charge is 0.230 e. The zero-order valence-electron chi connectivity index (χ0n) is 16.2. The lowest BCUT2D eigenvalue weighted by atomic mass is 9.69. The Labute approximate surface area is 166 Å². The van der Waals surface area contributed by atoms with Crippen LogP contribution in [0, 0.1) is 11.3 Å². The van der Waals surface area contributed by atoms with Gasteiger partial charge >= 0.3 is 0 Å². The number of hydrogen-bond acceptors (Lipinski definition) is 1. The second-order valence-corrected chi connectivity index (χ2v) is 8.38. The van der Waals surface area contributed by atoms with Crippen molar-refractivity contribution in [2.75, 3.05) is 0 Å². The first kappa shape index (κ1) is 17.2. The van der Waals surface area contributed by atoms with Gasteiger partial charge in [-0.15, -0.1) is 0 Å². The quantitative estimate of drug-likeness (QED) is 0.528. The van der Waals surface area contributed by atoms with Gasteiger partial charge in [0.25, 0.3) is 0 Å². The molecule has 1 aliphatic heterocycles. The predicted octanol–water partition coefficient (Wildman–Crippen LogP) is 5.90. The Morgan fingerprint density at radius 2 is 1.71 bits per heavy atom. The van der Waals surface area contributed by atoms with E-state index in [-0.39, 0.29) is 17.4 Å². The zero-order valence-corrected chi connectivity index (χ0v) is 16.2. The van der Waals surface area contributed by atoms with E-state index >= 15 is 0 Å². The van der Waals surface area contributed by atoms with Crippen LogP contribution >= 0.6 is 0 Å². The molecule has 28 heavy (non-hydrogen) atoms. The Kier molecular flexibility index (Phi) is 4.08. The minimum absolute atomic E-state index is 0.0823. The van der Waals surface area contributed by atoms with Gasteiger partial charge in [-0.1, -0.05) is 85.8 Å². The number of benzene rings is 3. The van der Waals surface area contributed by atoms with Crippen molar-refractivity contribution in [2.45, 2.75) is 32.4 Å². The van der Waals surface area contributed by atoms with Crippen LogP contribution in [-0.4, -0.2) is 10.8 Å². The molecule has 1 fully saturated rings. The lowest BCUT2D eigenvalue weighted by molar-refractivity contribution is -0.137. The fourth-order valence-electron chi connectivity index (χ4n) is 5.09. The number of allylic oxidation sites excluding steroid dienone is 1. The summed E-state index contributed by atoms with van der Waals surface area (Å²) in [5.74, 6) is 0.516. The van der Waals surface area contributed by atoms with E-state index in [0.717, 1.165) is 12.8 Å². The highest BCUT2D eigenvalue weighted by atomic mass is 16.2. The van der Waals surface area contributed by atoms with E-state index in [0.29, 0.717) is 12.5 Å². The minimum atomic E-state index is -0.306. The number of amides is 1. The average molecular weight is 367 g/mol. The maximum atomic E-state index is 13.6. The number of fused-ring (bicyclic) bond motifs is 2. The van der Waals surface area contributed by atoms with Crippen molar-refractivity contribution in [1.82, 2.24) is 4.90 Å². The van der Waals surface area contributed by atoms with Crippen LogP contribution in [0.2, 0.25) is 0 Å². The van der Waals surface area contributed by atoms with E-state index in [9.17, 15) is 4.79 Å². The number of nitrogens with zero attached hydrogens (tertiary/aromatic N) is 1. The van der Waals surface area contributed by atoms with Gasteiger partial charge in [0, 0.05) is 12.5 Å². The van der Waals surface area contributed by atoms with E-state index in [1.54, 1.807) is 0 Å². The van der Waals surface area contributed by atoms with E-state index < -0.39 is 0 Å². The third-order valence-corrected chi connectivity index (χ3v) is 6.65. The summed E-state index contributed by atoms with van der Waals surface area (Å²) >= 11 is 0. The molecule has 5 rings (SSSR count). The molecule has 0 radical (unpaired) electrons. The molecule has 1 saturated heterocycles. The monoisotopic (exact) mass is 367 g/mol. The van der Waals surface area contributed by atoms with Gasteiger partial charge in [0.1, 0.15) is 0 Å². The maximum Gasteiger partial charge on any atom is 0.230 e. The van der Waals surface area contributed by atoms with Gasteiger partial charge in [-0.25, -0.2) is 0 Å². The first-order valence-electron chi connectivity index (χ1n) is 10.2. The van der Waals surface area contributed by atoms with Crippen LogP contribution in [0.15, 0.2) is 84.9 Å². The zero-order chi connectivity index (χ0) is 19.1. The topological polar surface area (TPSA) is 20.3 Å². The molecule has 2 nitrogen and oxygen atoms in total. The highest BCUT2D eigenvalue weighted by Crippen LogP contribution is 2.54. The summed E-state index contributed by atoms with van der Waals surface area (Å²) < 4.78 is 0. The third kappa shape index (κ3) is 2.67. The Morgan fingerprint density at radius 3 is 2.54 bits per heavy atom. The highest BCUT2D eigenvalue weighted by molar-refractivity contribution is 5.88. The molecule has 2 heteroatoms. The summed E-state index contributed by atoms with van der Waals surface area (Å²) in [5, 5.41) is 2.48. The summed E-state index contributed by atoms with van der Waals surface area (Å²) in [6.07, 6.45) is 6.48. The van der Waals surface area contributed by atoms with Crippen LogP contribution in [-0.2, 0) is 11.3 Å². The maximum absolute atomic E-state index is 13.6. The van der Waals surface area contributed by atoms with Crippen molar-refractivity contribution in [3.8, 4) is 0 Å². The van der Waals surface area contributed by atoms with Crippen molar-refractivity contribution in [3.05, 3.63) is 96.1 Å². The van der Waals surface area contributed by atoms with Crippen LogP contribution in [0.4, 0.5) is 0 Å². The molecule has 0 spiro atoms. The molecule has 0 N–H and O–H groups in total. The molecule has 1 amide bonds. The SMILES string of the molecule is C[C@@]12CCC=CC1C(c1ccc3ccccc3c1)N(Cc1ccccc1)C2=O. The van der Waals surface area contributed by atoms with Crippen LogP contribution in [0.5, 0.6) is 0 Å². The Balaban J connectivity index is 1.62. The van der Waals surface area contributed by atoms with Gasteiger partial charge in [0.05, 0.1) is 11.5 Å². The molecule has 0 saturated carbocycles. The van der Waals surface area contributed by atoms with Crippen LogP contribution < -0.4 is 0 Å². The summed E-state index contributed by atoms with van der Waals surface area (Å²) in [6.45, 7) is 2.83. The fraction of sp³-hybridized carbons (Fsp3) is 0.269. The van der Waals surface area contributed by atoms with E-state index in [1.165, 1.54) is 21.9 Å². The summed E-state index contributed by atoms with van der Waals surface area (Å²) in [4.78, 5) is 15.7. The molecule has 3 aromatic carbocycles. The molecule has 0 aromatic heterocycles. The van der Waals surface area contributed by atoms with Crippen molar-refractivity contribution in [3.63, 3.8) is 0 Å². The Morgan fingerprint density at radius 1 is 0.964 bits per heavy atom. The van der Waals surface area contributed by atoms with Crippen molar-refractivity contribution < 1.29 is 4.79 Å². The first-order chi connectivity index (χ1) is 13.7. The minimum Gasteiger partial charge on any atom is -0.330 e. The predicted molar refractivity (Wildman–Crippen MR) is 114 cm³/mol. The average Bonchev–Trinajstić information content (AvgIpc) is 2.96. The van der Waals surface area contributed by atoms with Crippen molar-refractivity contribution in [2.24, 2.45) is 11.3 Å². The molecule has 0 bridgehead atoms. The molecular weight excluding hydrogens is 342 g/mol. The number of rotatable bonds is 3. The number of carbonyl (C=O) groups excluding carboxylic acids is 1. The third-order valence-electron chi connectivity index (χ3n) is 6.65. The molecule has 140 valence electrons. The molecule has 3 atom stereocenters. The first-order valence-corrected chi connectivity index (χ1v) is 10.2. The molecule has 1 aliphatic carbocycles. The molecule has 2 unspecified atom stereocenters. The lowest BCUT2D eigenvalue weighted by Gasteiger charge is -2.32. The van der Waals surface area contributed by atoms with Crippen molar-refractivity contribution >= 4 is 16.7 Å². The lowest BCUT2D eigenvalue weighted by Crippen LogP contribution is -2.34.